The Morgan fingerprint density at radius 1 is 1.25 bits per heavy atom. The molecule has 3 rings (SSSR count). The number of aromatic nitrogens is 1. The van der Waals surface area contributed by atoms with Crippen LogP contribution in [0, 0.1) is 22.8 Å². The Balaban J connectivity index is 2.30. The maximum absolute atomic E-state index is 9.41. The number of nitrogen functional groups attached to an aromatic ring is 2. The zero-order valence-electron chi connectivity index (χ0n) is 15.6. The third kappa shape index (κ3) is 3.26. The second-order valence-corrected chi connectivity index (χ2v) is 7.80. The van der Waals surface area contributed by atoms with E-state index >= 15 is 0 Å². The molecule has 0 bridgehead atoms. The van der Waals surface area contributed by atoms with Crippen molar-refractivity contribution < 1.29 is 0 Å². The molecule has 6 N–H and O–H groups in total. The first-order valence-corrected chi connectivity index (χ1v) is 8.84. The van der Waals surface area contributed by atoms with Gasteiger partial charge < -0.3 is 16.8 Å². The van der Waals surface area contributed by atoms with Crippen LogP contribution in [0.1, 0.15) is 49.1 Å². The lowest BCUT2D eigenvalue weighted by Crippen LogP contribution is -2.33. The zero-order valence-corrected chi connectivity index (χ0v) is 16.4. The molecule has 1 unspecified atom stereocenters. The number of benzene rings is 1. The van der Waals surface area contributed by atoms with Gasteiger partial charge in [-0.15, -0.1) is 0 Å². The number of guanidine groups is 1. The number of nitrogens with zero attached hydrogens (tertiary/aromatic N) is 4. The second-order valence-electron chi connectivity index (χ2n) is 7.39. The summed E-state index contributed by atoms with van der Waals surface area (Å²) >= 11 is 6.50. The molecule has 9 heteroatoms. The van der Waals surface area contributed by atoms with Crippen molar-refractivity contribution in [2.75, 3.05) is 16.8 Å². The second kappa shape index (κ2) is 6.91. The minimum atomic E-state index is -0.665. The molecule has 1 aliphatic rings. The van der Waals surface area contributed by atoms with Crippen LogP contribution in [0.25, 0.3) is 0 Å². The Labute approximate surface area is 167 Å². The van der Waals surface area contributed by atoms with Crippen LogP contribution in [-0.4, -0.2) is 10.9 Å². The quantitative estimate of drug-likeness (QED) is 0.429. The van der Waals surface area contributed by atoms with Gasteiger partial charge in [-0.05, 0) is 17.0 Å². The van der Waals surface area contributed by atoms with Gasteiger partial charge in [0.1, 0.15) is 29.3 Å². The van der Waals surface area contributed by atoms with Crippen molar-refractivity contribution >= 4 is 34.9 Å². The maximum atomic E-state index is 9.41. The molecule has 0 amide bonds. The lowest BCUT2D eigenvalue weighted by atomic mass is 9.84. The van der Waals surface area contributed by atoms with Gasteiger partial charge in [-0.1, -0.05) is 44.5 Å². The first-order valence-electron chi connectivity index (χ1n) is 8.46. The average molecular weight is 395 g/mol. The number of hydrogen-bond donors (Lipinski definition) is 4. The van der Waals surface area contributed by atoms with E-state index in [1.807, 2.05) is 24.4 Å². The topological polar surface area (TPSA) is 149 Å². The molecule has 0 saturated carbocycles. The van der Waals surface area contributed by atoms with E-state index in [0.29, 0.717) is 22.0 Å². The molecule has 2 heterocycles. The molecule has 8 nitrogen and oxygen atoms in total. The number of nitrogens with two attached hydrogens (primary N) is 2. The molecule has 28 heavy (non-hydrogen) atoms. The SMILES string of the molecule is CC(C)(C)c1ccc(Cl)c(C2N=C(NC#N)Nc3nc(N)c(C#N)c(N)c32)c1. The summed E-state index contributed by atoms with van der Waals surface area (Å²) in [4.78, 5) is 8.80. The molecule has 0 spiro atoms. The Bertz CT molecular complexity index is 1070. The van der Waals surface area contributed by atoms with Crippen LogP contribution >= 0.6 is 11.6 Å². The molecule has 142 valence electrons. The lowest BCUT2D eigenvalue weighted by Gasteiger charge is -2.28. The molecule has 0 fully saturated rings. The number of aliphatic imine (C=N–C) groups is 1. The van der Waals surface area contributed by atoms with Crippen LogP contribution in [0.15, 0.2) is 23.2 Å². The third-order valence-corrected chi connectivity index (χ3v) is 4.86. The minimum absolute atomic E-state index is 0.00209. The standard InChI is InChI=1S/C19H19ClN8/c1-19(2,3)9-4-5-12(20)10(6-9)15-13-14(23)11(7-21)16(24)27-17(13)28-18(26-15)25-8-22/h4-6,15H,1-3H3,(H6,23,24,25,26,27,28). The van der Waals surface area contributed by atoms with Crippen LogP contribution in [0.3, 0.4) is 0 Å². The highest BCUT2D eigenvalue weighted by atomic mass is 35.5. The van der Waals surface area contributed by atoms with Gasteiger partial charge in [0.2, 0.25) is 5.96 Å². The largest absolute Gasteiger partial charge is 0.397 e. The summed E-state index contributed by atoms with van der Waals surface area (Å²) in [5.41, 5.74) is 14.5. The van der Waals surface area contributed by atoms with Crippen LogP contribution in [0.2, 0.25) is 5.02 Å². The van der Waals surface area contributed by atoms with Crippen molar-refractivity contribution in [3.63, 3.8) is 0 Å². The van der Waals surface area contributed by atoms with E-state index in [4.69, 9.17) is 28.3 Å². The number of halogens is 1. The van der Waals surface area contributed by atoms with Crippen molar-refractivity contribution in [1.82, 2.24) is 10.3 Å². The minimum Gasteiger partial charge on any atom is -0.397 e. The van der Waals surface area contributed by atoms with Crippen LogP contribution in [-0.2, 0) is 5.41 Å². The highest BCUT2D eigenvalue weighted by molar-refractivity contribution is 6.31. The maximum Gasteiger partial charge on any atom is 0.211 e. The zero-order chi connectivity index (χ0) is 20.6. The molecular formula is C19H19ClN8. The molecule has 0 aliphatic carbocycles. The molecule has 0 radical (unpaired) electrons. The number of nitrogens with one attached hydrogen (secondary N) is 2. The predicted octanol–water partition coefficient (Wildman–Crippen LogP) is 3.01. The van der Waals surface area contributed by atoms with Crippen molar-refractivity contribution in [2.45, 2.75) is 32.2 Å². The fraction of sp³-hybridized carbons (Fsp3) is 0.263. The number of hydrogen-bond acceptors (Lipinski definition) is 8. The summed E-state index contributed by atoms with van der Waals surface area (Å²) in [5.74, 6) is 0.509. The number of anilines is 3. The molecule has 2 aromatic rings. The van der Waals surface area contributed by atoms with E-state index in [2.05, 4.69) is 41.4 Å². The molecule has 1 aromatic heterocycles. The number of fused-ring (bicyclic) bond motifs is 1. The number of rotatable bonds is 1. The molecule has 1 aliphatic heterocycles. The van der Waals surface area contributed by atoms with Crippen LogP contribution in [0.4, 0.5) is 17.3 Å². The van der Waals surface area contributed by atoms with E-state index in [9.17, 15) is 5.26 Å². The van der Waals surface area contributed by atoms with E-state index in [0.717, 1.165) is 5.56 Å². The van der Waals surface area contributed by atoms with E-state index in [1.165, 1.54) is 0 Å². The Hall–Kier alpha value is -3.49. The van der Waals surface area contributed by atoms with Gasteiger partial charge in [0, 0.05) is 16.1 Å². The summed E-state index contributed by atoms with van der Waals surface area (Å²) in [5, 5.41) is 24.3. The third-order valence-electron chi connectivity index (χ3n) is 4.51. The molecule has 1 atom stereocenters. The Morgan fingerprint density at radius 2 is 1.96 bits per heavy atom. The van der Waals surface area contributed by atoms with Crippen molar-refractivity contribution in [2.24, 2.45) is 4.99 Å². The monoisotopic (exact) mass is 394 g/mol. The van der Waals surface area contributed by atoms with Gasteiger partial charge in [-0.2, -0.15) is 10.5 Å². The molecule has 0 saturated heterocycles. The summed E-state index contributed by atoms with van der Waals surface area (Å²) < 4.78 is 0. The first kappa shape index (κ1) is 19.3. The first-order chi connectivity index (χ1) is 13.2. The van der Waals surface area contributed by atoms with Gasteiger partial charge in [0.15, 0.2) is 6.19 Å². The van der Waals surface area contributed by atoms with E-state index < -0.39 is 6.04 Å². The van der Waals surface area contributed by atoms with Gasteiger partial charge in [0.05, 0.1) is 5.69 Å². The van der Waals surface area contributed by atoms with Crippen LogP contribution < -0.4 is 22.1 Å². The fourth-order valence-corrected chi connectivity index (χ4v) is 3.25. The van der Waals surface area contributed by atoms with Gasteiger partial charge in [-0.3, -0.25) is 5.32 Å². The Kier molecular flexibility index (Phi) is 4.76. The summed E-state index contributed by atoms with van der Waals surface area (Å²) in [7, 11) is 0. The summed E-state index contributed by atoms with van der Waals surface area (Å²) in [6, 6.07) is 7.03. The molecular weight excluding hydrogens is 376 g/mol. The molecule has 1 aromatic carbocycles. The van der Waals surface area contributed by atoms with Crippen molar-refractivity contribution in [3.8, 4) is 12.3 Å². The highest BCUT2D eigenvalue weighted by Gasteiger charge is 2.31. The smallest absolute Gasteiger partial charge is 0.211 e. The van der Waals surface area contributed by atoms with E-state index in [1.54, 1.807) is 6.07 Å². The fourth-order valence-electron chi connectivity index (χ4n) is 3.03. The van der Waals surface area contributed by atoms with Crippen LogP contribution in [0.5, 0.6) is 0 Å². The van der Waals surface area contributed by atoms with Gasteiger partial charge in [0.25, 0.3) is 0 Å². The predicted molar refractivity (Wildman–Crippen MR) is 110 cm³/mol. The van der Waals surface area contributed by atoms with E-state index in [-0.39, 0.29) is 28.4 Å². The summed E-state index contributed by atoms with van der Waals surface area (Å²) in [6.07, 6.45) is 1.82. The van der Waals surface area contributed by atoms with Gasteiger partial charge >= 0.3 is 0 Å². The Morgan fingerprint density at radius 3 is 2.57 bits per heavy atom. The van der Waals surface area contributed by atoms with Gasteiger partial charge in [-0.25, -0.2) is 9.98 Å². The number of nitriles is 2. The number of pyridine rings is 1. The van der Waals surface area contributed by atoms with Crippen molar-refractivity contribution in [3.05, 3.63) is 45.5 Å². The highest BCUT2D eigenvalue weighted by Crippen LogP contribution is 2.43. The summed E-state index contributed by atoms with van der Waals surface area (Å²) in [6.45, 7) is 6.27. The average Bonchev–Trinajstić information content (AvgIpc) is 2.61. The lowest BCUT2D eigenvalue weighted by molar-refractivity contribution is 0.588. The normalized spacial score (nSPS) is 15.5. The van der Waals surface area contributed by atoms with Crippen molar-refractivity contribution in [1.29, 1.82) is 10.5 Å².